The van der Waals surface area contributed by atoms with Gasteiger partial charge in [0.1, 0.15) is 10.6 Å². The van der Waals surface area contributed by atoms with Crippen LogP contribution in [0.5, 0.6) is 0 Å². The summed E-state index contributed by atoms with van der Waals surface area (Å²) >= 11 is 1.20. The maximum absolute atomic E-state index is 12.0. The molecule has 2 aromatic heterocycles. The highest BCUT2D eigenvalue weighted by Gasteiger charge is 2.24. The zero-order valence-corrected chi connectivity index (χ0v) is 12.9. The van der Waals surface area contributed by atoms with Crippen molar-refractivity contribution in [2.75, 3.05) is 23.8 Å². The van der Waals surface area contributed by atoms with Crippen molar-refractivity contribution in [3.05, 3.63) is 35.7 Å². The van der Waals surface area contributed by atoms with Crippen LogP contribution >= 0.6 is 11.5 Å². The molecule has 2 N–H and O–H groups in total. The molecule has 0 bridgehead atoms. The largest absolute Gasteiger partial charge is 0.462 e. The van der Waals surface area contributed by atoms with Gasteiger partial charge in [-0.2, -0.15) is 4.37 Å². The maximum Gasteiger partial charge on any atom is 0.345 e. The smallest absolute Gasteiger partial charge is 0.345 e. The van der Waals surface area contributed by atoms with Crippen molar-refractivity contribution < 1.29 is 9.53 Å². The molecule has 21 heavy (non-hydrogen) atoms. The Hall–Kier alpha value is -2.15. The minimum absolute atomic E-state index is 0.216. The summed E-state index contributed by atoms with van der Waals surface area (Å²) < 4.78 is 9.14. The normalized spacial score (nSPS) is 10.4. The average molecular weight is 306 g/mol. The fourth-order valence-corrected chi connectivity index (χ4v) is 2.78. The number of rotatable bonds is 6. The lowest BCUT2D eigenvalue weighted by molar-refractivity contribution is 0.0528. The molecule has 0 fully saturated rings. The van der Waals surface area contributed by atoms with Gasteiger partial charge in [-0.1, -0.05) is 6.07 Å². The Labute approximate surface area is 127 Å². The molecule has 2 aromatic rings. The highest BCUT2D eigenvalue weighted by molar-refractivity contribution is 7.11. The van der Waals surface area contributed by atoms with Gasteiger partial charge >= 0.3 is 5.97 Å². The molecule has 0 spiro atoms. The Bertz CT molecular complexity index is 600. The number of nitrogens with zero attached hydrogens (tertiary/aromatic N) is 3. The lowest BCUT2D eigenvalue weighted by Gasteiger charge is -2.21. The van der Waals surface area contributed by atoms with E-state index in [9.17, 15) is 4.79 Å². The highest BCUT2D eigenvalue weighted by Crippen LogP contribution is 2.32. The standard InChI is InChI=1S/C14H18N4O2S/c1-3-18(9-10-7-5-6-8-16-10)13-11(12(15)17-21-13)14(19)20-4-2/h5-8H,3-4,9H2,1-2H3,(H2,15,17). The molecule has 0 radical (unpaired) electrons. The van der Waals surface area contributed by atoms with Gasteiger partial charge in [-0.25, -0.2) is 4.79 Å². The monoisotopic (exact) mass is 306 g/mol. The number of hydrogen-bond acceptors (Lipinski definition) is 7. The van der Waals surface area contributed by atoms with E-state index in [0.29, 0.717) is 25.3 Å². The van der Waals surface area contributed by atoms with Crippen LogP contribution in [0.15, 0.2) is 24.4 Å². The van der Waals surface area contributed by atoms with Gasteiger partial charge < -0.3 is 15.4 Å². The van der Waals surface area contributed by atoms with Gasteiger partial charge in [0, 0.05) is 12.7 Å². The third-order valence-electron chi connectivity index (χ3n) is 2.93. The van der Waals surface area contributed by atoms with Crippen molar-refractivity contribution in [2.45, 2.75) is 20.4 Å². The third-order valence-corrected chi connectivity index (χ3v) is 3.85. The number of esters is 1. The molecule has 0 saturated heterocycles. The lowest BCUT2D eigenvalue weighted by atomic mass is 10.2. The van der Waals surface area contributed by atoms with E-state index in [0.717, 1.165) is 10.7 Å². The molecule has 0 atom stereocenters. The first-order valence-corrected chi connectivity index (χ1v) is 7.51. The summed E-state index contributed by atoms with van der Waals surface area (Å²) in [5.41, 5.74) is 7.08. The Kier molecular flexibility index (Phi) is 5.10. The van der Waals surface area contributed by atoms with Crippen LogP contribution in [-0.2, 0) is 11.3 Å². The summed E-state index contributed by atoms with van der Waals surface area (Å²) in [4.78, 5) is 18.4. The molecule has 0 aliphatic heterocycles. The minimum atomic E-state index is -0.432. The fourth-order valence-electron chi connectivity index (χ4n) is 1.92. The Morgan fingerprint density at radius 2 is 2.24 bits per heavy atom. The molecule has 0 saturated carbocycles. The third kappa shape index (κ3) is 3.49. The van der Waals surface area contributed by atoms with Crippen LogP contribution in [0.25, 0.3) is 0 Å². The predicted molar refractivity (Wildman–Crippen MR) is 83.4 cm³/mol. The molecule has 2 rings (SSSR count). The van der Waals surface area contributed by atoms with E-state index < -0.39 is 5.97 Å². The van der Waals surface area contributed by atoms with Gasteiger partial charge in [-0.05, 0) is 37.5 Å². The Balaban J connectivity index is 2.28. The molecule has 0 aliphatic rings. The summed E-state index contributed by atoms with van der Waals surface area (Å²) in [6, 6.07) is 5.75. The van der Waals surface area contributed by atoms with E-state index in [1.54, 1.807) is 13.1 Å². The summed E-state index contributed by atoms with van der Waals surface area (Å²) in [6.45, 7) is 5.38. The van der Waals surface area contributed by atoms with Crippen molar-refractivity contribution in [2.24, 2.45) is 0 Å². The molecule has 7 heteroatoms. The zero-order valence-electron chi connectivity index (χ0n) is 12.1. The number of pyridine rings is 1. The molecule has 0 aromatic carbocycles. The molecule has 2 heterocycles. The average Bonchev–Trinajstić information content (AvgIpc) is 2.88. The van der Waals surface area contributed by atoms with Crippen LogP contribution in [0, 0.1) is 0 Å². The zero-order chi connectivity index (χ0) is 15.2. The summed E-state index contributed by atoms with van der Waals surface area (Å²) in [5, 5.41) is 0.721. The molecular weight excluding hydrogens is 288 g/mol. The Morgan fingerprint density at radius 3 is 2.86 bits per heavy atom. The number of carbonyl (C=O) groups excluding carboxylic acids is 1. The second kappa shape index (κ2) is 7.03. The number of nitrogens with two attached hydrogens (primary N) is 1. The fraction of sp³-hybridized carbons (Fsp3) is 0.357. The van der Waals surface area contributed by atoms with E-state index >= 15 is 0 Å². The Morgan fingerprint density at radius 1 is 1.43 bits per heavy atom. The van der Waals surface area contributed by atoms with E-state index in [2.05, 4.69) is 9.36 Å². The number of aromatic nitrogens is 2. The van der Waals surface area contributed by atoms with Crippen LogP contribution < -0.4 is 10.6 Å². The van der Waals surface area contributed by atoms with E-state index in [1.165, 1.54) is 11.5 Å². The van der Waals surface area contributed by atoms with Crippen molar-refractivity contribution in [1.29, 1.82) is 0 Å². The summed E-state index contributed by atoms with van der Waals surface area (Å²) in [6.07, 6.45) is 1.75. The number of hydrogen-bond donors (Lipinski definition) is 1. The van der Waals surface area contributed by atoms with Crippen LogP contribution in [0.2, 0.25) is 0 Å². The lowest BCUT2D eigenvalue weighted by Crippen LogP contribution is -2.24. The molecule has 0 aliphatic carbocycles. The van der Waals surface area contributed by atoms with Crippen LogP contribution in [0.1, 0.15) is 29.9 Å². The van der Waals surface area contributed by atoms with E-state index in [1.807, 2.05) is 30.0 Å². The second-order valence-corrected chi connectivity index (χ2v) is 5.06. The van der Waals surface area contributed by atoms with Crippen LogP contribution in [0.3, 0.4) is 0 Å². The number of ether oxygens (including phenoxy) is 1. The van der Waals surface area contributed by atoms with Crippen molar-refractivity contribution in [3.8, 4) is 0 Å². The first kappa shape index (κ1) is 15.2. The van der Waals surface area contributed by atoms with E-state index in [-0.39, 0.29) is 5.82 Å². The summed E-state index contributed by atoms with van der Waals surface area (Å²) in [7, 11) is 0. The van der Waals surface area contributed by atoms with Crippen LogP contribution in [-0.4, -0.2) is 28.5 Å². The first-order valence-electron chi connectivity index (χ1n) is 6.74. The van der Waals surface area contributed by atoms with Gasteiger partial charge in [0.25, 0.3) is 0 Å². The molecule has 112 valence electrons. The maximum atomic E-state index is 12.0. The molecular formula is C14H18N4O2S. The van der Waals surface area contributed by atoms with Crippen molar-refractivity contribution in [3.63, 3.8) is 0 Å². The van der Waals surface area contributed by atoms with Crippen molar-refractivity contribution >= 4 is 28.3 Å². The SMILES string of the molecule is CCOC(=O)c1c(N)nsc1N(CC)Cc1ccccn1. The van der Waals surface area contributed by atoms with Crippen molar-refractivity contribution in [1.82, 2.24) is 9.36 Å². The number of carbonyl (C=O) groups is 1. The summed E-state index contributed by atoms with van der Waals surface area (Å²) in [5.74, 6) is -0.217. The second-order valence-electron chi connectivity index (χ2n) is 4.30. The quantitative estimate of drug-likeness (QED) is 0.825. The van der Waals surface area contributed by atoms with Gasteiger partial charge in [0.05, 0.1) is 18.8 Å². The minimum Gasteiger partial charge on any atom is -0.462 e. The van der Waals surface area contributed by atoms with Gasteiger partial charge in [0.2, 0.25) is 0 Å². The van der Waals surface area contributed by atoms with Gasteiger partial charge in [-0.15, -0.1) is 0 Å². The van der Waals surface area contributed by atoms with E-state index in [4.69, 9.17) is 10.5 Å². The topological polar surface area (TPSA) is 81.3 Å². The number of anilines is 2. The van der Waals surface area contributed by atoms with Gasteiger partial charge in [0.15, 0.2) is 5.82 Å². The van der Waals surface area contributed by atoms with Crippen LogP contribution in [0.4, 0.5) is 10.8 Å². The molecule has 0 unspecified atom stereocenters. The first-order chi connectivity index (χ1) is 10.2. The molecule has 6 nitrogen and oxygen atoms in total. The molecule has 0 amide bonds. The predicted octanol–water partition coefficient (Wildman–Crippen LogP) is 2.32. The van der Waals surface area contributed by atoms with Gasteiger partial charge in [-0.3, -0.25) is 4.98 Å². The number of nitrogen functional groups attached to an aromatic ring is 1. The highest BCUT2D eigenvalue weighted by atomic mass is 32.1.